The van der Waals surface area contributed by atoms with Crippen molar-refractivity contribution in [3.63, 3.8) is 0 Å². The van der Waals surface area contributed by atoms with Gasteiger partial charge in [-0.05, 0) is 17.7 Å². The van der Waals surface area contributed by atoms with Crippen LogP contribution >= 0.6 is 12.2 Å². The first kappa shape index (κ1) is 20.3. The SMILES string of the molecule is COc1ccc(-c2c(S(C)(=O)=O)[nH]n3c(=S)cc(S(C)(=O)=O)nc23)cc1OC. The molecule has 3 rings (SSSR count). The molecular formula is C16H17N3O6S3. The summed E-state index contributed by atoms with van der Waals surface area (Å²) in [5.41, 5.74) is 0.685. The van der Waals surface area contributed by atoms with Crippen molar-refractivity contribution in [2.75, 3.05) is 26.7 Å². The summed E-state index contributed by atoms with van der Waals surface area (Å²) < 4.78 is 60.6. The van der Waals surface area contributed by atoms with Gasteiger partial charge in [0, 0.05) is 18.6 Å². The summed E-state index contributed by atoms with van der Waals surface area (Å²) in [5.74, 6) is 0.824. The van der Waals surface area contributed by atoms with E-state index in [9.17, 15) is 16.8 Å². The van der Waals surface area contributed by atoms with Crippen molar-refractivity contribution in [2.45, 2.75) is 10.1 Å². The van der Waals surface area contributed by atoms with E-state index in [-0.39, 0.29) is 25.9 Å². The van der Waals surface area contributed by atoms with Gasteiger partial charge in [0.15, 0.2) is 46.9 Å². The van der Waals surface area contributed by atoms with E-state index in [1.165, 1.54) is 24.8 Å². The standard InChI is InChI=1S/C16H17N3O6S3/c1-24-10-6-5-9(7-11(10)25-2)14-15-17-12(27(3,20)21)8-13(26)19(15)18-16(14)28(4,22)23/h5-8,18H,1-4H3. The van der Waals surface area contributed by atoms with Crippen LogP contribution in [-0.4, -0.2) is 58.2 Å². The number of sulfone groups is 2. The number of aromatic amines is 1. The molecular weight excluding hydrogens is 426 g/mol. The Kier molecular flexibility index (Phi) is 4.98. The smallest absolute Gasteiger partial charge is 0.192 e. The first-order valence-electron chi connectivity index (χ1n) is 7.75. The highest BCUT2D eigenvalue weighted by Gasteiger charge is 2.25. The maximum atomic E-state index is 12.4. The van der Waals surface area contributed by atoms with Gasteiger partial charge in [0.05, 0.1) is 19.8 Å². The monoisotopic (exact) mass is 443 g/mol. The second-order valence-electron chi connectivity index (χ2n) is 6.02. The largest absolute Gasteiger partial charge is 0.493 e. The third-order valence-corrected chi connectivity index (χ3v) is 6.29. The molecule has 0 unspecified atom stereocenters. The molecule has 1 aromatic carbocycles. The van der Waals surface area contributed by atoms with Crippen LogP contribution in [0.1, 0.15) is 0 Å². The molecule has 12 heteroatoms. The Bertz CT molecular complexity index is 1350. The van der Waals surface area contributed by atoms with E-state index in [2.05, 4.69) is 10.1 Å². The summed E-state index contributed by atoms with van der Waals surface area (Å²) >= 11 is 5.23. The Morgan fingerprint density at radius 1 is 1.00 bits per heavy atom. The van der Waals surface area contributed by atoms with Crippen LogP contribution in [0.25, 0.3) is 16.8 Å². The number of rotatable bonds is 5. The van der Waals surface area contributed by atoms with Gasteiger partial charge in [-0.25, -0.2) is 26.3 Å². The highest BCUT2D eigenvalue weighted by Crippen LogP contribution is 2.37. The number of methoxy groups -OCH3 is 2. The second kappa shape index (κ2) is 6.87. The number of hydrogen-bond donors (Lipinski definition) is 1. The van der Waals surface area contributed by atoms with Crippen molar-refractivity contribution < 1.29 is 26.3 Å². The van der Waals surface area contributed by atoms with Crippen molar-refractivity contribution in [3.8, 4) is 22.6 Å². The average molecular weight is 444 g/mol. The number of fused-ring (bicyclic) bond motifs is 1. The molecule has 0 aliphatic carbocycles. The lowest BCUT2D eigenvalue weighted by atomic mass is 10.1. The van der Waals surface area contributed by atoms with E-state index in [0.29, 0.717) is 17.1 Å². The van der Waals surface area contributed by atoms with Gasteiger partial charge < -0.3 is 9.47 Å². The van der Waals surface area contributed by atoms with Crippen LogP contribution in [0.3, 0.4) is 0 Å². The van der Waals surface area contributed by atoms with Crippen molar-refractivity contribution in [1.29, 1.82) is 0 Å². The molecule has 0 bridgehead atoms. The maximum Gasteiger partial charge on any atom is 0.192 e. The summed E-state index contributed by atoms with van der Waals surface area (Å²) in [4.78, 5) is 4.16. The quantitative estimate of drug-likeness (QED) is 0.469. The van der Waals surface area contributed by atoms with Gasteiger partial charge in [-0.1, -0.05) is 18.3 Å². The topological polar surface area (TPSA) is 120 Å². The zero-order valence-electron chi connectivity index (χ0n) is 15.4. The van der Waals surface area contributed by atoms with E-state index in [4.69, 9.17) is 21.7 Å². The second-order valence-corrected chi connectivity index (χ2v) is 10.4. The van der Waals surface area contributed by atoms with Crippen LogP contribution in [0.5, 0.6) is 11.5 Å². The molecule has 28 heavy (non-hydrogen) atoms. The molecule has 3 aromatic rings. The van der Waals surface area contributed by atoms with E-state index in [0.717, 1.165) is 12.5 Å². The summed E-state index contributed by atoms with van der Waals surface area (Å²) in [6.07, 6.45) is 2.03. The molecule has 0 aliphatic rings. The number of hydrogen-bond acceptors (Lipinski definition) is 8. The lowest BCUT2D eigenvalue weighted by Crippen LogP contribution is -2.04. The number of nitrogens with zero attached hydrogens (tertiary/aromatic N) is 2. The van der Waals surface area contributed by atoms with Crippen molar-refractivity contribution in [3.05, 3.63) is 28.9 Å². The molecule has 0 saturated carbocycles. The lowest BCUT2D eigenvalue weighted by Gasteiger charge is -2.10. The fourth-order valence-electron chi connectivity index (χ4n) is 2.71. The molecule has 2 aromatic heterocycles. The van der Waals surface area contributed by atoms with E-state index in [1.54, 1.807) is 18.2 Å². The van der Waals surface area contributed by atoms with Crippen LogP contribution in [0.15, 0.2) is 34.3 Å². The highest BCUT2D eigenvalue weighted by atomic mass is 32.2. The Balaban J connectivity index is 2.49. The van der Waals surface area contributed by atoms with Gasteiger partial charge in [0.2, 0.25) is 0 Å². The van der Waals surface area contributed by atoms with Gasteiger partial charge in [0.1, 0.15) is 4.64 Å². The zero-order chi connectivity index (χ0) is 20.9. The maximum absolute atomic E-state index is 12.4. The Morgan fingerprint density at radius 3 is 2.18 bits per heavy atom. The summed E-state index contributed by atoms with van der Waals surface area (Å²) in [7, 11) is -4.47. The van der Waals surface area contributed by atoms with E-state index in [1.807, 2.05) is 0 Å². The van der Waals surface area contributed by atoms with Crippen molar-refractivity contribution >= 4 is 37.5 Å². The fraction of sp³-hybridized carbons (Fsp3) is 0.250. The highest BCUT2D eigenvalue weighted by molar-refractivity contribution is 7.91. The van der Waals surface area contributed by atoms with Gasteiger partial charge in [-0.3, -0.25) is 5.10 Å². The fourth-order valence-corrected chi connectivity index (χ4v) is 4.44. The predicted octanol–water partition coefficient (Wildman–Crippen LogP) is 1.88. The first-order valence-corrected chi connectivity index (χ1v) is 11.9. The molecule has 0 saturated heterocycles. The van der Waals surface area contributed by atoms with E-state index < -0.39 is 19.7 Å². The van der Waals surface area contributed by atoms with Crippen LogP contribution in [-0.2, 0) is 19.7 Å². The molecule has 9 nitrogen and oxygen atoms in total. The molecule has 2 heterocycles. The van der Waals surface area contributed by atoms with Gasteiger partial charge in [-0.2, -0.15) is 0 Å². The summed E-state index contributed by atoms with van der Waals surface area (Å²) in [5, 5.41) is 2.31. The van der Waals surface area contributed by atoms with Crippen LogP contribution in [0, 0.1) is 4.64 Å². The third kappa shape index (κ3) is 3.50. The number of nitrogens with one attached hydrogen (secondary N) is 1. The number of ether oxygens (including phenoxy) is 2. The number of benzene rings is 1. The molecule has 0 fully saturated rings. The molecule has 1 N–H and O–H groups in total. The minimum atomic E-state index is -3.73. The Morgan fingerprint density at radius 2 is 1.64 bits per heavy atom. The van der Waals surface area contributed by atoms with Gasteiger partial charge in [0.25, 0.3) is 0 Å². The van der Waals surface area contributed by atoms with Gasteiger partial charge >= 0.3 is 0 Å². The Labute approximate surface area is 166 Å². The normalized spacial score (nSPS) is 12.3. The minimum Gasteiger partial charge on any atom is -0.493 e. The number of aromatic nitrogens is 3. The number of H-pyrrole nitrogens is 1. The van der Waals surface area contributed by atoms with Crippen molar-refractivity contribution in [1.82, 2.24) is 14.6 Å². The zero-order valence-corrected chi connectivity index (χ0v) is 17.8. The molecule has 0 aliphatic heterocycles. The average Bonchev–Trinajstić information content (AvgIpc) is 3.01. The van der Waals surface area contributed by atoms with Crippen LogP contribution < -0.4 is 9.47 Å². The summed E-state index contributed by atoms with van der Waals surface area (Å²) in [6.45, 7) is 0. The minimum absolute atomic E-state index is 0.0700. The Hall–Kier alpha value is -2.44. The lowest BCUT2D eigenvalue weighted by molar-refractivity contribution is 0.355. The molecule has 150 valence electrons. The molecule has 0 atom stereocenters. The van der Waals surface area contributed by atoms with Crippen LogP contribution in [0.4, 0.5) is 0 Å². The van der Waals surface area contributed by atoms with Crippen molar-refractivity contribution in [2.24, 2.45) is 0 Å². The predicted molar refractivity (Wildman–Crippen MR) is 105 cm³/mol. The van der Waals surface area contributed by atoms with Crippen LogP contribution in [0.2, 0.25) is 0 Å². The molecule has 0 amide bonds. The molecule has 0 spiro atoms. The third-order valence-electron chi connectivity index (χ3n) is 3.98. The molecule has 0 radical (unpaired) electrons. The van der Waals surface area contributed by atoms with Gasteiger partial charge in [-0.15, -0.1) is 0 Å². The first-order chi connectivity index (χ1) is 13.0. The summed E-state index contributed by atoms with van der Waals surface area (Å²) in [6, 6.07) is 6.00. The van der Waals surface area contributed by atoms with E-state index >= 15 is 0 Å².